The lowest BCUT2D eigenvalue weighted by Crippen LogP contribution is -2.26. The summed E-state index contributed by atoms with van der Waals surface area (Å²) in [5.41, 5.74) is 12.1. The molecule has 164 valence electrons. The quantitative estimate of drug-likeness (QED) is 0.496. The second-order valence-corrected chi connectivity index (χ2v) is 7.97. The number of halogens is 1. The maximum absolute atomic E-state index is 13.0. The van der Waals surface area contributed by atoms with Crippen LogP contribution in [0.2, 0.25) is 0 Å². The van der Waals surface area contributed by atoms with E-state index in [0.29, 0.717) is 17.3 Å². The molecule has 0 saturated carbocycles. The first kappa shape index (κ1) is 20.8. The molecule has 6 nitrogen and oxygen atoms in total. The zero-order valence-electron chi connectivity index (χ0n) is 18.3. The maximum Gasteiger partial charge on any atom is 0.228 e. The average molecular weight is 439 g/mol. The topological polar surface area (TPSA) is 86.3 Å². The first-order chi connectivity index (χ1) is 16.0. The minimum Gasteiger partial charge on any atom is -0.462 e. The van der Waals surface area contributed by atoms with E-state index in [-0.39, 0.29) is 0 Å². The lowest BCUT2D eigenvalue weighted by Gasteiger charge is -2.30. The highest BCUT2D eigenvalue weighted by atomic mass is 19.1. The van der Waals surface area contributed by atoms with Crippen LogP contribution < -0.4 is 10.5 Å². The smallest absolute Gasteiger partial charge is 0.228 e. The van der Waals surface area contributed by atoms with Crippen LogP contribution in [0.3, 0.4) is 0 Å². The lowest BCUT2D eigenvalue weighted by molar-refractivity contribution is 0.189. The fourth-order valence-corrected chi connectivity index (χ4v) is 4.60. The highest BCUT2D eigenvalue weighted by Gasteiger charge is 2.44. The zero-order valence-corrected chi connectivity index (χ0v) is 18.3. The number of aliphatic imine (C=N–C) groups is 1. The van der Waals surface area contributed by atoms with E-state index in [0.717, 1.165) is 39.1 Å². The molecular weight excluding hydrogens is 417 g/mol. The number of ether oxygens (including phenoxy) is 1. The van der Waals surface area contributed by atoms with Crippen LogP contribution in [0.25, 0.3) is 11.3 Å². The van der Waals surface area contributed by atoms with Gasteiger partial charge in [-0.3, -0.25) is 15.0 Å². The summed E-state index contributed by atoms with van der Waals surface area (Å²) in [5, 5.41) is 0. The number of fused-ring (bicyclic) bond motifs is 1. The Bertz CT molecular complexity index is 1350. The zero-order chi connectivity index (χ0) is 23.0. The van der Waals surface area contributed by atoms with Crippen LogP contribution >= 0.6 is 0 Å². The van der Waals surface area contributed by atoms with Gasteiger partial charge in [-0.1, -0.05) is 24.3 Å². The Hall–Kier alpha value is -4.13. The molecule has 1 aliphatic rings. The Balaban J connectivity index is 1.79. The van der Waals surface area contributed by atoms with Gasteiger partial charge in [0.1, 0.15) is 22.8 Å². The molecular formula is C26H22FN5O. The van der Waals surface area contributed by atoms with Gasteiger partial charge in [-0.2, -0.15) is 0 Å². The van der Waals surface area contributed by atoms with Crippen molar-refractivity contribution in [1.82, 2.24) is 15.0 Å². The minimum absolute atomic E-state index is 0.370. The molecule has 0 saturated heterocycles. The van der Waals surface area contributed by atoms with Crippen LogP contribution in [-0.2, 0) is 5.54 Å². The number of aromatic nitrogens is 3. The summed E-state index contributed by atoms with van der Waals surface area (Å²) < 4.78 is 18.2. The number of nitrogens with two attached hydrogens (primary N) is 1. The van der Waals surface area contributed by atoms with Crippen molar-refractivity contribution in [3.63, 3.8) is 0 Å². The summed E-state index contributed by atoms with van der Waals surface area (Å²) >= 11 is 0. The standard InChI is InChI=1S/C26H22FN5O/c1-16-11-20(12-17(2)24(16)33-15-27)26(21-7-4-8-31-23(21)25(28)32-26)19-6-3-5-18(13-19)22-14-29-9-10-30-22/h3-14H,15H2,1-2H3,(H2,28,32). The molecule has 0 bridgehead atoms. The molecule has 0 aliphatic carbocycles. The third kappa shape index (κ3) is 3.33. The van der Waals surface area contributed by atoms with Gasteiger partial charge in [0.25, 0.3) is 0 Å². The van der Waals surface area contributed by atoms with Gasteiger partial charge in [-0.05, 0) is 60.4 Å². The average Bonchev–Trinajstić information content (AvgIpc) is 3.15. The number of hydrogen-bond acceptors (Lipinski definition) is 6. The number of amidine groups is 1. The molecule has 2 N–H and O–H groups in total. The van der Waals surface area contributed by atoms with E-state index in [2.05, 4.69) is 21.0 Å². The monoisotopic (exact) mass is 439 g/mol. The second-order valence-electron chi connectivity index (χ2n) is 7.97. The van der Waals surface area contributed by atoms with E-state index in [1.165, 1.54) is 0 Å². The lowest BCUT2D eigenvalue weighted by atomic mass is 9.77. The predicted octanol–water partition coefficient (Wildman–Crippen LogP) is 4.47. The third-order valence-electron chi connectivity index (χ3n) is 5.94. The summed E-state index contributed by atoms with van der Waals surface area (Å²) in [6, 6.07) is 15.9. The van der Waals surface area contributed by atoms with Crippen LogP contribution in [0.4, 0.5) is 4.39 Å². The van der Waals surface area contributed by atoms with Gasteiger partial charge in [0.15, 0.2) is 0 Å². The van der Waals surface area contributed by atoms with Gasteiger partial charge in [0, 0.05) is 29.7 Å². The molecule has 0 amide bonds. The van der Waals surface area contributed by atoms with E-state index in [4.69, 9.17) is 15.5 Å². The van der Waals surface area contributed by atoms with E-state index >= 15 is 0 Å². The molecule has 0 radical (unpaired) electrons. The van der Waals surface area contributed by atoms with Crippen LogP contribution in [0.1, 0.15) is 33.5 Å². The highest BCUT2D eigenvalue weighted by Crippen LogP contribution is 2.47. The van der Waals surface area contributed by atoms with Gasteiger partial charge in [0.05, 0.1) is 11.9 Å². The second kappa shape index (κ2) is 8.09. The Morgan fingerprint density at radius 1 is 0.939 bits per heavy atom. The maximum atomic E-state index is 13.0. The molecule has 4 aromatic rings. The molecule has 5 rings (SSSR count). The van der Waals surface area contributed by atoms with Crippen molar-refractivity contribution < 1.29 is 9.13 Å². The first-order valence-corrected chi connectivity index (χ1v) is 10.5. The molecule has 1 atom stereocenters. The van der Waals surface area contributed by atoms with Crippen LogP contribution in [0, 0.1) is 13.8 Å². The highest BCUT2D eigenvalue weighted by molar-refractivity contribution is 6.01. The van der Waals surface area contributed by atoms with Crippen molar-refractivity contribution in [1.29, 1.82) is 0 Å². The van der Waals surface area contributed by atoms with Crippen molar-refractivity contribution in [2.45, 2.75) is 19.4 Å². The third-order valence-corrected chi connectivity index (χ3v) is 5.94. The van der Waals surface area contributed by atoms with Gasteiger partial charge < -0.3 is 10.5 Å². The van der Waals surface area contributed by atoms with Gasteiger partial charge >= 0.3 is 0 Å². The fraction of sp³-hybridized carbons (Fsp3) is 0.154. The Morgan fingerprint density at radius 2 is 1.76 bits per heavy atom. The first-order valence-electron chi connectivity index (χ1n) is 10.5. The SMILES string of the molecule is Cc1cc(C2(c3cccc(-c4cnccn4)c3)N=C(N)c3ncccc32)cc(C)c1OCF. The fourth-order valence-electron chi connectivity index (χ4n) is 4.60. The number of nitrogens with zero attached hydrogens (tertiary/aromatic N) is 4. The van der Waals surface area contributed by atoms with Crippen molar-refractivity contribution >= 4 is 5.84 Å². The Kier molecular flexibility index (Phi) is 5.09. The summed E-state index contributed by atoms with van der Waals surface area (Å²) in [4.78, 5) is 18.2. The van der Waals surface area contributed by atoms with Crippen molar-refractivity contribution in [3.8, 4) is 17.0 Å². The van der Waals surface area contributed by atoms with E-state index in [1.54, 1.807) is 24.8 Å². The van der Waals surface area contributed by atoms with Gasteiger partial charge in [-0.15, -0.1) is 0 Å². The Labute approximate surface area is 191 Å². The molecule has 0 fully saturated rings. The molecule has 3 heterocycles. The summed E-state index contributed by atoms with van der Waals surface area (Å²) in [7, 11) is 0. The molecule has 7 heteroatoms. The van der Waals surface area contributed by atoms with Crippen molar-refractivity contribution in [3.05, 3.63) is 107 Å². The molecule has 1 unspecified atom stereocenters. The largest absolute Gasteiger partial charge is 0.462 e. The molecule has 1 aliphatic heterocycles. The molecule has 33 heavy (non-hydrogen) atoms. The number of alkyl halides is 1. The summed E-state index contributed by atoms with van der Waals surface area (Å²) in [5.74, 6) is 0.904. The summed E-state index contributed by atoms with van der Waals surface area (Å²) in [6.45, 7) is 2.92. The van der Waals surface area contributed by atoms with Gasteiger partial charge in [0.2, 0.25) is 6.86 Å². The van der Waals surface area contributed by atoms with Crippen LogP contribution in [0.15, 0.2) is 78.3 Å². The van der Waals surface area contributed by atoms with E-state index < -0.39 is 12.4 Å². The molecule has 2 aromatic carbocycles. The van der Waals surface area contributed by atoms with Crippen LogP contribution in [-0.4, -0.2) is 27.6 Å². The normalized spacial score (nSPS) is 16.9. The molecule has 2 aromatic heterocycles. The van der Waals surface area contributed by atoms with E-state index in [9.17, 15) is 4.39 Å². The van der Waals surface area contributed by atoms with Gasteiger partial charge in [-0.25, -0.2) is 9.38 Å². The minimum atomic E-state index is -0.921. The van der Waals surface area contributed by atoms with Crippen LogP contribution in [0.5, 0.6) is 5.75 Å². The number of rotatable bonds is 5. The Morgan fingerprint density at radius 3 is 2.48 bits per heavy atom. The number of hydrogen-bond donors (Lipinski definition) is 1. The number of aryl methyl sites for hydroxylation is 2. The van der Waals surface area contributed by atoms with Crippen molar-refractivity contribution in [2.24, 2.45) is 10.7 Å². The van der Waals surface area contributed by atoms with E-state index in [1.807, 2.05) is 56.3 Å². The molecule has 0 spiro atoms. The number of pyridine rings is 1. The summed E-state index contributed by atoms with van der Waals surface area (Å²) in [6.07, 6.45) is 6.75. The predicted molar refractivity (Wildman–Crippen MR) is 125 cm³/mol. The van der Waals surface area contributed by atoms with Crippen molar-refractivity contribution in [2.75, 3.05) is 6.86 Å². The number of benzene rings is 2.